The molecule has 0 aromatic heterocycles. The van der Waals surface area contributed by atoms with Gasteiger partial charge in [-0.25, -0.2) is 0 Å². The summed E-state index contributed by atoms with van der Waals surface area (Å²) in [5, 5.41) is 0. The number of rotatable bonds is 60. The fourth-order valence-corrected chi connectivity index (χ4v) is 9.40. The molecule has 0 aromatic rings. The van der Waals surface area contributed by atoms with Gasteiger partial charge in [0.15, 0.2) is 6.10 Å². The molecule has 6 heteroatoms. The molecular weight excluding hydrogens is 949 g/mol. The van der Waals surface area contributed by atoms with Gasteiger partial charge in [0.25, 0.3) is 0 Å². The topological polar surface area (TPSA) is 78.9 Å². The van der Waals surface area contributed by atoms with Crippen molar-refractivity contribution in [1.82, 2.24) is 0 Å². The second kappa shape index (κ2) is 65.1. The molecule has 0 aliphatic carbocycles. The Balaban J connectivity index is 4.19. The lowest BCUT2D eigenvalue weighted by molar-refractivity contribution is -0.167. The predicted molar refractivity (Wildman–Crippen MR) is 334 cm³/mol. The second-order valence-corrected chi connectivity index (χ2v) is 22.0. The van der Waals surface area contributed by atoms with Crippen molar-refractivity contribution in [2.45, 2.75) is 335 Å². The average molecular weight is 1070 g/mol. The summed E-state index contributed by atoms with van der Waals surface area (Å²) in [6.07, 6.45) is 86.0. The van der Waals surface area contributed by atoms with E-state index in [4.69, 9.17) is 14.2 Å². The first-order valence-electron chi connectivity index (χ1n) is 33.1. The third-order valence-electron chi connectivity index (χ3n) is 14.4. The van der Waals surface area contributed by atoms with Gasteiger partial charge in [0.2, 0.25) is 0 Å². The van der Waals surface area contributed by atoms with E-state index in [9.17, 15) is 14.4 Å². The molecule has 0 saturated carbocycles. The van der Waals surface area contributed by atoms with Crippen LogP contribution in [0.4, 0.5) is 0 Å². The summed E-state index contributed by atoms with van der Waals surface area (Å²) in [6, 6.07) is 0. The van der Waals surface area contributed by atoms with E-state index in [1.165, 1.54) is 180 Å². The van der Waals surface area contributed by atoms with Crippen LogP contribution >= 0.6 is 0 Å². The number of ether oxygens (including phenoxy) is 3. The molecule has 0 bridgehead atoms. The molecule has 0 N–H and O–H groups in total. The van der Waals surface area contributed by atoms with Gasteiger partial charge < -0.3 is 14.2 Å². The van der Waals surface area contributed by atoms with E-state index >= 15 is 0 Å². The summed E-state index contributed by atoms with van der Waals surface area (Å²) in [5.41, 5.74) is 0. The number of hydrogen-bond acceptors (Lipinski definition) is 6. The minimum atomic E-state index is -0.783. The highest BCUT2D eigenvalue weighted by molar-refractivity contribution is 5.71. The van der Waals surface area contributed by atoms with E-state index in [0.717, 1.165) is 109 Å². The second-order valence-electron chi connectivity index (χ2n) is 22.0. The van der Waals surface area contributed by atoms with Crippen molar-refractivity contribution in [1.29, 1.82) is 0 Å². The molecular formula is C71H124O6. The Morgan fingerprint density at radius 1 is 0.273 bits per heavy atom. The first-order valence-corrected chi connectivity index (χ1v) is 33.1. The van der Waals surface area contributed by atoms with Gasteiger partial charge in [-0.05, 0) is 116 Å². The Hall–Kier alpha value is -3.41. The minimum Gasteiger partial charge on any atom is -0.462 e. The molecule has 0 spiro atoms. The van der Waals surface area contributed by atoms with Crippen LogP contribution in [-0.2, 0) is 28.6 Å². The first kappa shape index (κ1) is 73.6. The fraction of sp³-hybridized carbons (Fsp3) is 0.761. The van der Waals surface area contributed by atoms with E-state index in [-0.39, 0.29) is 31.1 Å². The molecule has 77 heavy (non-hydrogen) atoms. The highest BCUT2D eigenvalue weighted by atomic mass is 16.6. The summed E-state index contributed by atoms with van der Waals surface area (Å²) < 4.78 is 16.9. The van der Waals surface area contributed by atoms with Gasteiger partial charge >= 0.3 is 17.9 Å². The van der Waals surface area contributed by atoms with Crippen LogP contribution in [0.5, 0.6) is 0 Å². The smallest absolute Gasteiger partial charge is 0.306 e. The third kappa shape index (κ3) is 63.3. The highest BCUT2D eigenvalue weighted by Gasteiger charge is 2.19. The maximum Gasteiger partial charge on any atom is 0.306 e. The van der Waals surface area contributed by atoms with E-state index in [1.54, 1.807) is 0 Å². The largest absolute Gasteiger partial charge is 0.462 e. The van der Waals surface area contributed by atoms with Crippen LogP contribution in [0.1, 0.15) is 329 Å². The van der Waals surface area contributed by atoms with Crippen LogP contribution in [-0.4, -0.2) is 37.2 Å². The number of hydrogen-bond donors (Lipinski definition) is 0. The average Bonchev–Trinajstić information content (AvgIpc) is 3.43. The van der Waals surface area contributed by atoms with Gasteiger partial charge in [0, 0.05) is 19.3 Å². The summed E-state index contributed by atoms with van der Waals surface area (Å²) in [5.74, 6) is -0.884. The number of esters is 3. The van der Waals surface area contributed by atoms with Gasteiger partial charge in [-0.3, -0.25) is 14.4 Å². The number of unbranched alkanes of at least 4 members (excludes halogenated alkanes) is 35. The Kier molecular flexibility index (Phi) is 62.2. The van der Waals surface area contributed by atoms with E-state index in [2.05, 4.69) is 106 Å². The van der Waals surface area contributed by atoms with Crippen LogP contribution in [0.15, 0.2) is 85.1 Å². The molecule has 0 heterocycles. The number of carbonyl (C=O) groups excluding carboxylic acids is 3. The molecule has 0 aliphatic rings. The van der Waals surface area contributed by atoms with Crippen LogP contribution < -0.4 is 0 Å². The monoisotopic (exact) mass is 1070 g/mol. The summed E-state index contributed by atoms with van der Waals surface area (Å²) in [4.78, 5) is 38.3. The van der Waals surface area contributed by atoms with Crippen LogP contribution in [0, 0.1) is 0 Å². The van der Waals surface area contributed by atoms with Crippen molar-refractivity contribution < 1.29 is 28.6 Å². The molecule has 0 aliphatic heterocycles. The Morgan fingerprint density at radius 2 is 0.506 bits per heavy atom. The van der Waals surface area contributed by atoms with Crippen molar-refractivity contribution in [2.75, 3.05) is 13.2 Å². The van der Waals surface area contributed by atoms with Gasteiger partial charge in [-0.1, -0.05) is 279 Å². The number of carbonyl (C=O) groups is 3. The lowest BCUT2D eigenvalue weighted by atomic mass is 10.0. The van der Waals surface area contributed by atoms with Crippen molar-refractivity contribution in [2.24, 2.45) is 0 Å². The first-order chi connectivity index (χ1) is 38.0. The molecule has 0 amide bonds. The fourth-order valence-electron chi connectivity index (χ4n) is 9.40. The number of allylic oxidation sites excluding steroid dienone is 14. The SMILES string of the molecule is CC/C=C\C/C=C\C/C=C\C/C=C\C/C=C\CCCCCCCCCCCCCCCCCC(=O)OCC(COC(=O)CCCCCCC/C=C\CCCCC)OC(=O)CCCCCCC/C=C\CCCCCCCCC. The lowest BCUT2D eigenvalue weighted by Gasteiger charge is -2.18. The van der Waals surface area contributed by atoms with Gasteiger partial charge in [-0.2, -0.15) is 0 Å². The third-order valence-corrected chi connectivity index (χ3v) is 14.4. The lowest BCUT2D eigenvalue weighted by Crippen LogP contribution is -2.30. The zero-order valence-corrected chi connectivity index (χ0v) is 51.0. The highest BCUT2D eigenvalue weighted by Crippen LogP contribution is 2.17. The molecule has 0 fully saturated rings. The molecule has 444 valence electrons. The Labute approximate surface area is 477 Å². The minimum absolute atomic E-state index is 0.0796. The molecule has 0 rings (SSSR count). The maximum atomic E-state index is 12.9. The summed E-state index contributed by atoms with van der Waals surface area (Å²) >= 11 is 0. The molecule has 0 aromatic carbocycles. The van der Waals surface area contributed by atoms with E-state index in [1.807, 2.05) is 0 Å². The quantitative estimate of drug-likeness (QED) is 0.0261. The zero-order chi connectivity index (χ0) is 55.7. The van der Waals surface area contributed by atoms with Crippen LogP contribution in [0.3, 0.4) is 0 Å². The van der Waals surface area contributed by atoms with Crippen molar-refractivity contribution in [3.63, 3.8) is 0 Å². The Morgan fingerprint density at radius 3 is 0.831 bits per heavy atom. The normalized spacial score (nSPS) is 12.6. The van der Waals surface area contributed by atoms with Gasteiger partial charge in [0.1, 0.15) is 13.2 Å². The maximum absolute atomic E-state index is 12.9. The van der Waals surface area contributed by atoms with Crippen molar-refractivity contribution in [3.8, 4) is 0 Å². The molecule has 6 nitrogen and oxygen atoms in total. The Bertz CT molecular complexity index is 1470. The van der Waals surface area contributed by atoms with Crippen LogP contribution in [0.2, 0.25) is 0 Å². The molecule has 0 radical (unpaired) electrons. The zero-order valence-electron chi connectivity index (χ0n) is 51.0. The van der Waals surface area contributed by atoms with Crippen molar-refractivity contribution >= 4 is 17.9 Å². The van der Waals surface area contributed by atoms with E-state index < -0.39 is 6.10 Å². The van der Waals surface area contributed by atoms with Gasteiger partial charge in [0.05, 0.1) is 0 Å². The van der Waals surface area contributed by atoms with Crippen molar-refractivity contribution in [3.05, 3.63) is 85.1 Å². The van der Waals surface area contributed by atoms with Gasteiger partial charge in [-0.15, -0.1) is 0 Å². The predicted octanol–water partition coefficient (Wildman–Crippen LogP) is 22.7. The molecule has 0 saturated heterocycles. The summed E-state index contributed by atoms with van der Waals surface area (Å²) in [7, 11) is 0. The van der Waals surface area contributed by atoms with Crippen LogP contribution in [0.25, 0.3) is 0 Å². The molecule has 1 unspecified atom stereocenters. The standard InChI is InChI=1S/C71H124O6/c1-4-7-10-13-16-19-22-25-27-29-30-31-32-33-34-35-36-37-38-39-40-41-42-43-45-46-49-52-55-58-61-64-70(73)76-67-68(66-75-69(72)63-60-57-54-51-48-24-21-18-15-12-9-6-3)77-71(74)65-62-59-56-53-50-47-44-28-26-23-20-17-14-11-8-5-2/h7,10,16,18-19,21,25,27-28,30-31,33-34,44,68H,4-6,8-9,11-15,17,20,22-24,26,29,32,35-43,45-67H2,1-3H3/b10-7-,19-16-,21-18-,27-25-,31-30-,34-33-,44-28-. The molecule has 1 atom stereocenters. The van der Waals surface area contributed by atoms with E-state index in [0.29, 0.717) is 19.3 Å². The summed E-state index contributed by atoms with van der Waals surface area (Å²) in [6.45, 7) is 6.52.